The van der Waals surface area contributed by atoms with Crippen LogP contribution in [-0.4, -0.2) is 25.2 Å². The lowest BCUT2D eigenvalue weighted by Crippen LogP contribution is -2.29. The summed E-state index contributed by atoms with van der Waals surface area (Å²) < 4.78 is 5.28. The van der Waals surface area contributed by atoms with Gasteiger partial charge in [-0.25, -0.2) is 0 Å². The number of hydrogen-bond donors (Lipinski definition) is 3. The van der Waals surface area contributed by atoms with Crippen LogP contribution in [0.25, 0.3) is 0 Å². The van der Waals surface area contributed by atoms with Crippen LogP contribution in [-0.2, 0) is 4.74 Å². The Hall–Kier alpha value is -1.75. The number of amides is 1. The predicted molar refractivity (Wildman–Crippen MR) is 66.8 cm³/mol. The Labute approximate surface area is 100 Å². The molecule has 17 heavy (non-hydrogen) atoms. The Morgan fingerprint density at radius 2 is 2.06 bits per heavy atom. The zero-order valence-electron chi connectivity index (χ0n) is 9.61. The number of benzene rings is 1. The third-order valence-electron chi connectivity index (χ3n) is 2.89. The number of carbonyl (C=O) groups excluding carboxylic acids is 1. The summed E-state index contributed by atoms with van der Waals surface area (Å²) >= 11 is 0. The lowest BCUT2D eigenvalue weighted by Gasteiger charge is -2.25. The maximum atomic E-state index is 11.3. The van der Waals surface area contributed by atoms with E-state index in [4.69, 9.17) is 16.2 Å². The standard InChI is InChI=1S/C12H17N3O2/c13-8-1-2-11(10(7-8)12(14)16)15-9-3-5-17-6-4-9/h1-2,7,9,15H,3-6,13H2,(H2,14,16). The highest BCUT2D eigenvalue weighted by molar-refractivity contribution is 5.99. The molecule has 0 aliphatic carbocycles. The second-order valence-electron chi connectivity index (χ2n) is 4.20. The van der Waals surface area contributed by atoms with Gasteiger partial charge in [0.15, 0.2) is 0 Å². The van der Waals surface area contributed by atoms with Crippen LogP contribution < -0.4 is 16.8 Å². The van der Waals surface area contributed by atoms with Gasteiger partial charge >= 0.3 is 0 Å². The molecule has 1 amide bonds. The van der Waals surface area contributed by atoms with Crippen molar-refractivity contribution in [3.8, 4) is 0 Å². The average molecular weight is 235 g/mol. The molecule has 0 radical (unpaired) electrons. The van der Waals surface area contributed by atoms with E-state index in [-0.39, 0.29) is 0 Å². The second kappa shape index (κ2) is 5.05. The molecule has 2 rings (SSSR count). The molecule has 5 heteroatoms. The summed E-state index contributed by atoms with van der Waals surface area (Å²) in [7, 11) is 0. The molecule has 5 N–H and O–H groups in total. The van der Waals surface area contributed by atoms with Crippen molar-refractivity contribution in [2.75, 3.05) is 24.3 Å². The number of carbonyl (C=O) groups is 1. The molecule has 0 aromatic heterocycles. The topological polar surface area (TPSA) is 90.4 Å². The van der Waals surface area contributed by atoms with Gasteiger partial charge in [0, 0.05) is 30.6 Å². The van der Waals surface area contributed by atoms with E-state index in [9.17, 15) is 4.79 Å². The van der Waals surface area contributed by atoms with Crippen LogP contribution in [0.2, 0.25) is 0 Å². The molecule has 0 atom stereocenters. The Balaban J connectivity index is 2.16. The van der Waals surface area contributed by atoms with E-state index in [1.165, 1.54) is 0 Å². The molecule has 1 heterocycles. The van der Waals surface area contributed by atoms with Crippen LogP contribution in [0.15, 0.2) is 18.2 Å². The molecule has 1 aliphatic heterocycles. The van der Waals surface area contributed by atoms with Crippen molar-refractivity contribution in [1.29, 1.82) is 0 Å². The minimum atomic E-state index is -0.466. The molecular weight excluding hydrogens is 218 g/mol. The van der Waals surface area contributed by atoms with Gasteiger partial charge in [0.1, 0.15) is 0 Å². The third-order valence-corrected chi connectivity index (χ3v) is 2.89. The molecule has 5 nitrogen and oxygen atoms in total. The minimum absolute atomic E-state index is 0.325. The number of nitrogens with two attached hydrogens (primary N) is 2. The predicted octanol–water partition coefficient (Wildman–Crippen LogP) is 0.959. The lowest BCUT2D eigenvalue weighted by molar-refractivity contribution is 0.0904. The Bertz CT molecular complexity index is 414. The maximum absolute atomic E-state index is 11.3. The van der Waals surface area contributed by atoms with Crippen molar-refractivity contribution in [2.45, 2.75) is 18.9 Å². The summed E-state index contributed by atoms with van der Waals surface area (Å²) in [4.78, 5) is 11.3. The highest BCUT2D eigenvalue weighted by atomic mass is 16.5. The normalized spacial score (nSPS) is 16.7. The van der Waals surface area contributed by atoms with Gasteiger partial charge in [-0.3, -0.25) is 4.79 Å². The summed E-state index contributed by atoms with van der Waals surface area (Å²) in [6.45, 7) is 1.50. The van der Waals surface area contributed by atoms with Crippen molar-refractivity contribution in [1.82, 2.24) is 0 Å². The maximum Gasteiger partial charge on any atom is 0.250 e. The highest BCUT2D eigenvalue weighted by Crippen LogP contribution is 2.21. The zero-order chi connectivity index (χ0) is 12.3. The summed E-state index contributed by atoms with van der Waals surface area (Å²) in [5.74, 6) is -0.466. The fraction of sp³-hybridized carbons (Fsp3) is 0.417. The van der Waals surface area contributed by atoms with E-state index in [1.54, 1.807) is 18.2 Å². The number of nitrogen functional groups attached to an aromatic ring is 1. The van der Waals surface area contributed by atoms with Crippen LogP contribution in [0, 0.1) is 0 Å². The smallest absolute Gasteiger partial charge is 0.250 e. The van der Waals surface area contributed by atoms with Crippen molar-refractivity contribution in [3.05, 3.63) is 23.8 Å². The molecular formula is C12H17N3O2. The SMILES string of the molecule is NC(=O)c1cc(N)ccc1NC1CCOCC1. The van der Waals surface area contributed by atoms with Crippen LogP contribution in [0.5, 0.6) is 0 Å². The first-order chi connectivity index (χ1) is 8.16. The molecule has 0 bridgehead atoms. The molecule has 1 aromatic carbocycles. The first-order valence-corrected chi connectivity index (χ1v) is 5.70. The molecule has 1 fully saturated rings. The van der Waals surface area contributed by atoms with Crippen molar-refractivity contribution >= 4 is 17.3 Å². The van der Waals surface area contributed by atoms with E-state index in [1.807, 2.05) is 0 Å². The van der Waals surface area contributed by atoms with Gasteiger partial charge < -0.3 is 21.5 Å². The van der Waals surface area contributed by atoms with Gasteiger partial charge in [0.05, 0.1) is 5.56 Å². The van der Waals surface area contributed by atoms with Crippen LogP contribution >= 0.6 is 0 Å². The van der Waals surface area contributed by atoms with E-state index in [0.717, 1.165) is 31.7 Å². The molecule has 92 valence electrons. The lowest BCUT2D eigenvalue weighted by atomic mass is 10.1. The molecule has 0 unspecified atom stereocenters. The monoisotopic (exact) mass is 235 g/mol. The van der Waals surface area contributed by atoms with E-state index in [2.05, 4.69) is 5.32 Å². The van der Waals surface area contributed by atoms with E-state index < -0.39 is 5.91 Å². The summed E-state index contributed by atoms with van der Waals surface area (Å²) in [5.41, 5.74) is 12.7. The van der Waals surface area contributed by atoms with Gasteiger partial charge in [-0.05, 0) is 31.0 Å². The summed E-state index contributed by atoms with van der Waals surface area (Å²) in [5, 5.41) is 3.32. The fourth-order valence-corrected chi connectivity index (χ4v) is 1.95. The first kappa shape index (κ1) is 11.7. The second-order valence-corrected chi connectivity index (χ2v) is 4.20. The quantitative estimate of drug-likeness (QED) is 0.680. The Kier molecular flexibility index (Phi) is 3.49. The number of primary amides is 1. The van der Waals surface area contributed by atoms with Crippen LogP contribution in [0.1, 0.15) is 23.2 Å². The van der Waals surface area contributed by atoms with Crippen molar-refractivity contribution in [3.63, 3.8) is 0 Å². The molecule has 0 saturated carbocycles. The van der Waals surface area contributed by atoms with Gasteiger partial charge in [-0.2, -0.15) is 0 Å². The van der Waals surface area contributed by atoms with Crippen molar-refractivity contribution < 1.29 is 9.53 Å². The van der Waals surface area contributed by atoms with Gasteiger partial charge in [0.2, 0.25) is 0 Å². The number of hydrogen-bond acceptors (Lipinski definition) is 4. The Morgan fingerprint density at radius 3 is 2.71 bits per heavy atom. The van der Waals surface area contributed by atoms with E-state index >= 15 is 0 Å². The van der Waals surface area contributed by atoms with Gasteiger partial charge in [-0.1, -0.05) is 0 Å². The zero-order valence-corrected chi connectivity index (χ0v) is 9.61. The molecule has 0 spiro atoms. The van der Waals surface area contributed by atoms with E-state index in [0.29, 0.717) is 17.3 Å². The number of rotatable bonds is 3. The number of nitrogens with one attached hydrogen (secondary N) is 1. The number of anilines is 2. The largest absolute Gasteiger partial charge is 0.399 e. The first-order valence-electron chi connectivity index (χ1n) is 5.70. The van der Waals surface area contributed by atoms with Gasteiger partial charge in [0.25, 0.3) is 5.91 Å². The van der Waals surface area contributed by atoms with Crippen LogP contribution in [0.3, 0.4) is 0 Å². The molecule has 1 aromatic rings. The molecule has 1 aliphatic rings. The third kappa shape index (κ3) is 2.88. The molecule has 1 saturated heterocycles. The average Bonchev–Trinajstić information content (AvgIpc) is 2.32. The summed E-state index contributed by atoms with van der Waals surface area (Å²) in [6, 6.07) is 5.48. The highest BCUT2D eigenvalue weighted by Gasteiger charge is 2.16. The number of ether oxygens (including phenoxy) is 1. The van der Waals surface area contributed by atoms with Crippen molar-refractivity contribution in [2.24, 2.45) is 5.73 Å². The Morgan fingerprint density at radius 1 is 1.35 bits per heavy atom. The fourth-order valence-electron chi connectivity index (χ4n) is 1.95. The van der Waals surface area contributed by atoms with Crippen LogP contribution in [0.4, 0.5) is 11.4 Å². The van der Waals surface area contributed by atoms with Gasteiger partial charge in [-0.15, -0.1) is 0 Å². The summed E-state index contributed by atoms with van der Waals surface area (Å²) in [6.07, 6.45) is 1.87. The minimum Gasteiger partial charge on any atom is -0.399 e.